The highest BCUT2D eigenvalue weighted by atomic mass is 32.2. The van der Waals surface area contributed by atoms with Gasteiger partial charge in [0.15, 0.2) is 0 Å². The fraction of sp³-hybridized carbons (Fsp3) is 0.562. The number of nitrogens with zero attached hydrogens (tertiary/aromatic N) is 1. The van der Waals surface area contributed by atoms with Crippen molar-refractivity contribution in [1.82, 2.24) is 4.72 Å². The van der Waals surface area contributed by atoms with E-state index in [0.717, 1.165) is 19.3 Å². The minimum absolute atomic E-state index is 0.0143. The van der Waals surface area contributed by atoms with Crippen molar-refractivity contribution in [3.05, 3.63) is 35.4 Å². The van der Waals surface area contributed by atoms with Crippen LogP contribution in [-0.4, -0.2) is 14.5 Å². The van der Waals surface area contributed by atoms with Crippen molar-refractivity contribution in [3.63, 3.8) is 0 Å². The van der Waals surface area contributed by atoms with Crippen LogP contribution in [0.5, 0.6) is 0 Å². The molecule has 0 radical (unpaired) electrons. The molecule has 114 valence electrons. The van der Waals surface area contributed by atoms with Gasteiger partial charge in [0.2, 0.25) is 10.0 Å². The lowest BCUT2D eigenvalue weighted by Gasteiger charge is -2.32. The number of nitriles is 1. The lowest BCUT2D eigenvalue weighted by Crippen LogP contribution is -2.42. The van der Waals surface area contributed by atoms with Crippen LogP contribution >= 0.6 is 0 Å². The van der Waals surface area contributed by atoms with Gasteiger partial charge in [-0.25, -0.2) is 13.1 Å². The summed E-state index contributed by atoms with van der Waals surface area (Å²) < 4.78 is 27.5. The van der Waals surface area contributed by atoms with Gasteiger partial charge in [-0.2, -0.15) is 5.26 Å². The first-order chi connectivity index (χ1) is 9.91. The van der Waals surface area contributed by atoms with Crippen molar-refractivity contribution in [3.8, 4) is 6.07 Å². The Morgan fingerprint density at radius 1 is 1.29 bits per heavy atom. The van der Waals surface area contributed by atoms with Crippen molar-refractivity contribution in [2.75, 3.05) is 0 Å². The first-order valence-electron chi connectivity index (χ1n) is 7.39. The SMILES string of the molecule is CC1CCC(NS(=O)(=O)Cc2ccccc2C#N)C(C)C1. The van der Waals surface area contributed by atoms with Crippen LogP contribution in [-0.2, 0) is 15.8 Å². The first kappa shape index (κ1) is 16.0. The van der Waals surface area contributed by atoms with Gasteiger partial charge in [-0.15, -0.1) is 0 Å². The maximum absolute atomic E-state index is 12.3. The fourth-order valence-electron chi connectivity index (χ4n) is 3.07. The van der Waals surface area contributed by atoms with E-state index in [-0.39, 0.29) is 11.8 Å². The van der Waals surface area contributed by atoms with Gasteiger partial charge >= 0.3 is 0 Å². The number of hydrogen-bond donors (Lipinski definition) is 1. The molecular formula is C16H22N2O2S. The van der Waals surface area contributed by atoms with Crippen LogP contribution in [0.1, 0.15) is 44.2 Å². The normalized spacial score (nSPS) is 26.2. The van der Waals surface area contributed by atoms with Crippen molar-refractivity contribution >= 4 is 10.0 Å². The maximum atomic E-state index is 12.3. The molecule has 0 heterocycles. The molecule has 1 fully saturated rings. The summed E-state index contributed by atoms with van der Waals surface area (Å²) in [5.41, 5.74) is 0.984. The van der Waals surface area contributed by atoms with Crippen molar-refractivity contribution < 1.29 is 8.42 Å². The van der Waals surface area contributed by atoms with Gasteiger partial charge < -0.3 is 0 Å². The van der Waals surface area contributed by atoms with Crippen LogP contribution in [0.15, 0.2) is 24.3 Å². The lowest BCUT2D eigenvalue weighted by molar-refractivity contribution is 0.249. The van der Waals surface area contributed by atoms with E-state index in [1.54, 1.807) is 24.3 Å². The molecule has 1 aliphatic carbocycles. The minimum atomic E-state index is -3.42. The summed E-state index contributed by atoms with van der Waals surface area (Å²) in [4.78, 5) is 0. The zero-order valence-electron chi connectivity index (χ0n) is 12.5. The van der Waals surface area contributed by atoms with Crippen LogP contribution in [0.3, 0.4) is 0 Å². The maximum Gasteiger partial charge on any atom is 0.216 e. The standard InChI is InChI=1S/C16H22N2O2S/c1-12-7-8-16(13(2)9-12)18-21(19,20)11-15-6-4-3-5-14(15)10-17/h3-6,12-13,16,18H,7-9,11H2,1-2H3. The van der Waals surface area contributed by atoms with E-state index >= 15 is 0 Å². The molecule has 21 heavy (non-hydrogen) atoms. The van der Waals surface area contributed by atoms with Crippen LogP contribution in [0.2, 0.25) is 0 Å². The third-order valence-corrected chi connectivity index (χ3v) is 5.60. The van der Waals surface area contributed by atoms with Gasteiger partial charge in [0, 0.05) is 6.04 Å². The van der Waals surface area contributed by atoms with Gasteiger partial charge in [0.25, 0.3) is 0 Å². The van der Waals surface area contributed by atoms with Crippen LogP contribution in [0.25, 0.3) is 0 Å². The molecule has 0 aliphatic heterocycles. The molecule has 0 saturated heterocycles. The molecule has 5 heteroatoms. The van der Waals surface area contributed by atoms with Crippen molar-refractivity contribution in [1.29, 1.82) is 5.26 Å². The van der Waals surface area contributed by atoms with Crippen molar-refractivity contribution in [2.24, 2.45) is 11.8 Å². The Morgan fingerprint density at radius 3 is 2.67 bits per heavy atom. The molecule has 1 saturated carbocycles. The van der Waals surface area contributed by atoms with E-state index in [4.69, 9.17) is 5.26 Å². The zero-order valence-corrected chi connectivity index (χ0v) is 13.4. The number of nitrogens with one attached hydrogen (secondary N) is 1. The van der Waals surface area contributed by atoms with Gasteiger partial charge in [-0.05, 0) is 42.7 Å². The fourth-order valence-corrected chi connectivity index (χ4v) is 4.63. The molecule has 1 aromatic rings. The summed E-state index contributed by atoms with van der Waals surface area (Å²) in [6, 6.07) is 8.91. The summed E-state index contributed by atoms with van der Waals surface area (Å²) in [6.45, 7) is 4.32. The predicted octanol–water partition coefficient (Wildman–Crippen LogP) is 2.80. The number of rotatable bonds is 4. The minimum Gasteiger partial charge on any atom is -0.212 e. The summed E-state index contributed by atoms with van der Waals surface area (Å²) >= 11 is 0. The van der Waals surface area contributed by atoms with Crippen LogP contribution in [0.4, 0.5) is 0 Å². The average molecular weight is 306 g/mol. The van der Waals surface area contributed by atoms with Gasteiger partial charge in [-0.3, -0.25) is 0 Å². The Kier molecular flexibility index (Phi) is 5.02. The van der Waals surface area contributed by atoms with Gasteiger partial charge in [0.05, 0.1) is 17.4 Å². The van der Waals surface area contributed by atoms with Crippen LogP contribution in [0, 0.1) is 23.2 Å². The molecule has 3 atom stereocenters. The van der Waals surface area contributed by atoms with E-state index in [2.05, 4.69) is 18.6 Å². The van der Waals surface area contributed by atoms with E-state index < -0.39 is 10.0 Å². The molecule has 1 aromatic carbocycles. The number of benzene rings is 1. The first-order valence-corrected chi connectivity index (χ1v) is 9.04. The molecule has 1 aliphatic rings. The monoisotopic (exact) mass is 306 g/mol. The summed E-state index contributed by atoms with van der Waals surface area (Å²) in [7, 11) is -3.42. The van der Waals surface area contributed by atoms with Crippen LogP contribution < -0.4 is 4.72 Å². The zero-order chi connectivity index (χ0) is 15.5. The highest BCUT2D eigenvalue weighted by Crippen LogP contribution is 2.29. The summed E-state index contributed by atoms with van der Waals surface area (Å²) in [6.07, 6.45) is 3.01. The summed E-state index contributed by atoms with van der Waals surface area (Å²) in [5.74, 6) is 0.894. The smallest absolute Gasteiger partial charge is 0.212 e. The van der Waals surface area contributed by atoms with E-state index in [1.807, 2.05) is 6.07 Å². The lowest BCUT2D eigenvalue weighted by atomic mass is 9.80. The molecule has 0 amide bonds. The highest BCUT2D eigenvalue weighted by molar-refractivity contribution is 7.88. The molecule has 0 bridgehead atoms. The second-order valence-electron chi connectivity index (χ2n) is 6.15. The van der Waals surface area contributed by atoms with Gasteiger partial charge in [-0.1, -0.05) is 32.0 Å². The number of hydrogen-bond acceptors (Lipinski definition) is 3. The van der Waals surface area contributed by atoms with Crippen molar-refractivity contribution in [2.45, 2.75) is 44.9 Å². The quantitative estimate of drug-likeness (QED) is 0.930. The molecule has 4 nitrogen and oxygen atoms in total. The Morgan fingerprint density at radius 2 is 2.00 bits per heavy atom. The summed E-state index contributed by atoms with van der Waals surface area (Å²) in [5, 5.41) is 9.04. The molecule has 3 unspecified atom stereocenters. The predicted molar refractivity (Wildman–Crippen MR) is 82.9 cm³/mol. The van der Waals surface area contributed by atoms with E-state index in [1.165, 1.54) is 0 Å². The highest BCUT2D eigenvalue weighted by Gasteiger charge is 2.28. The second kappa shape index (κ2) is 6.59. The Bertz CT molecular complexity index is 634. The Labute approximate surface area is 127 Å². The van der Waals surface area contributed by atoms with E-state index in [9.17, 15) is 8.42 Å². The third-order valence-electron chi connectivity index (χ3n) is 4.25. The Hall–Kier alpha value is -1.38. The Balaban J connectivity index is 2.07. The second-order valence-corrected chi connectivity index (χ2v) is 7.90. The molecule has 1 N–H and O–H groups in total. The largest absolute Gasteiger partial charge is 0.216 e. The van der Waals surface area contributed by atoms with E-state index in [0.29, 0.717) is 23.0 Å². The molecule has 2 rings (SSSR count). The topological polar surface area (TPSA) is 70.0 Å². The number of sulfonamides is 1. The molecule has 0 aromatic heterocycles. The molecule has 0 spiro atoms. The average Bonchev–Trinajstić information content (AvgIpc) is 2.42. The van der Waals surface area contributed by atoms with Gasteiger partial charge in [0.1, 0.15) is 0 Å². The molecular weight excluding hydrogens is 284 g/mol. The third kappa shape index (κ3) is 4.29.